The fourth-order valence-electron chi connectivity index (χ4n) is 1.32. The fraction of sp³-hybridized carbons (Fsp3) is 0.923. The monoisotopic (exact) mass is 261 g/mol. The lowest BCUT2D eigenvalue weighted by atomic mass is 10.2. The minimum atomic E-state index is 0.615. The van der Waals surface area contributed by atoms with Crippen molar-refractivity contribution in [2.75, 3.05) is 53.2 Å². The molecular weight excluding hydrogens is 234 g/mol. The first-order chi connectivity index (χ1) is 8.91. The molecular formula is C13H27NO4. The normalized spacial score (nSPS) is 10.7. The maximum Gasteiger partial charge on any atom is 0.119 e. The van der Waals surface area contributed by atoms with Crippen LogP contribution in [0.3, 0.4) is 0 Å². The lowest BCUT2D eigenvalue weighted by Crippen LogP contribution is -2.16. The minimum absolute atomic E-state index is 0.615. The van der Waals surface area contributed by atoms with Gasteiger partial charge < -0.3 is 24.3 Å². The average molecular weight is 261 g/mol. The third-order valence-electron chi connectivity index (χ3n) is 2.35. The molecule has 0 heterocycles. The first kappa shape index (κ1) is 17.5. The molecule has 0 rings (SSSR count). The summed E-state index contributed by atoms with van der Waals surface area (Å²) >= 11 is 0. The zero-order valence-corrected chi connectivity index (χ0v) is 11.5. The number of hydrogen-bond acceptors (Lipinski definition) is 5. The molecule has 1 N–H and O–H groups in total. The van der Waals surface area contributed by atoms with Crippen LogP contribution in [0.25, 0.3) is 0 Å². The number of carbonyl (C=O) groups is 1. The maximum atomic E-state index is 10.1. The summed E-state index contributed by atoms with van der Waals surface area (Å²) in [6.07, 6.45) is 4.66. The molecule has 5 nitrogen and oxygen atoms in total. The van der Waals surface area contributed by atoms with Crippen molar-refractivity contribution >= 4 is 6.29 Å². The smallest absolute Gasteiger partial charge is 0.119 e. The molecule has 0 fully saturated rings. The van der Waals surface area contributed by atoms with E-state index < -0.39 is 0 Å². The predicted octanol–water partition coefficient (Wildman–Crippen LogP) is 1.01. The summed E-state index contributed by atoms with van der Waals surface area (Å²) in [5.74, 6) is 0. The summed E-state index contributed by atoms with van der Waals surface area (Å²) in [6.45, 7) is 4.83. The molecule has 0 radical (unpaired) electrons. The van der Waals surface area contributed by atoms with Gasteiger partial charge in [-0.15, -0.1) is 0 Å². The highest BCUT2D eigenvalue weighted by molar-refractivity contribution is 5.48. The van der Waals surface area contributed by atoms with Gasteiger partial charge in [0.1, 0.15) is 6.29 Å². The molecule has 0 aromatic carbocycles. The Morgan fingerprint density at radius 1 is 0.833 bits per heavy atom. The van der Waals surface area contributed by atoms with Crippen molar-refractivity contribution in [2.45, 2.75) is 25.7 Å². The number of carbonyl (C=O) groups excluding carboxylic acids is 1. The fourth-order valence-corrected chi connectivity index (χ4v) is 1.32. The van der Waals surface area contributed by atoms with Crippen molar-refractivity contribution in [3.05, 3.63) is 0 Å². The summed E-state index contributed by atoms with van der Waals surface area (Å²) in [5.41, 5.74) is 0. The Labute approximate surface area is 110 Å². The Bertz CT molecular complexity index is 167. The van der Waals surface area contributed by atoms with Crippen molar-refractivity contribution < 1.29 is 19.0 Å². The van der Waals surface area contributed by atoms with E-state index in [1.54, 1.807) is 0 Å². The summed E-state index contributed by atoms with van der Waals surface area (Å²) in [7, 11) is 1.90. The lowest BCUT2D eigenvalue weighted by molar-refractivity contribution is -0.107. The van der Waals surface area contributed by atoms with Crippen LogP contribution in [0.15, 0.2) is 0 Å². The van der Waals surface area contributed by atoms with E-state index >= 15 is 0 Å². The standard InChI is InChI=1S/C13H27NO4/c1-14-6-9-17-11-13-18-12-10-16-8-5-3-2-4-7-15/h7,14H,2-6,8-13H2,1H3. The van der Waals surface area contributed by atoms with Gasteiger partial charge in [0.25, 0.3) is 0 Å². The lowest BCUT2D eigenvalue weighted by Gasteiger charge is -2.06. The van der Waals surface area contributed by atoms with Gasteiger partial charge in [-0.3, -0.25) is 0 Å². The number of likely N-dealkylation sites (N-methyl/N-ethyl adjacent to an activating group) is 1. The molecule has 0 aromatic rings. The van der Waals surface area contributed by atoms with Gasteiger partial charge in [-0.1, -0.05) is 6.42 Å². The van der Waals surface area contributed by atoms with Crippen molar-refractivity contribution in [1.29, 1.82) is 0 Å². The second kappa shape index (κ2) is 16.5. The first-order valence-electron chi connectivity index (χ1n) is 6.73. The second-order valence-electron chi connectivity index (χ2n) is 3.96. The van der Waals surface area contributed by atoms with Crippen molar-refractivity contribution in [1.82, 2.24) is 5.32 Å². The molecule has 0 aromatic heterocycles. The zero-order chi connectivity index (χ0) is 13.3. The minimum Gasteiger partial charge on any atom is -0.379 e. The van der Waals surface area contributed by atoms with Crippen LogP contribution in [0.4, 0.5) is 0 Å². The molecule has 0 unspecified atom stereocenters. The van der Waals surface area contributed by atoms with Crippen LogP contribution in [0.5, 0.6) is 0 Å². The molecule has 0 spiro atoms. The Kier molecular flexibility index (Phi) is 16.1. The number of rotatable bonds is 15. The molecule has 0 bridgehead atoms. The third kappa shape index (κ3) is 15.5. The first-order valence-corrected chi connectivity index (χ1v) is 6.73. The van der Waals surface area contributed by atoms with E-state index in [0.29, 0.717) is 32.8 Å². The van der Waals surface area contributed by atoms with Gasteiger partial charge in [-0.05, 0) is 19.9 Å². The van der Waals surface area contributed by atoms with Gasteiger partial charge in [0.15, 0.2) is 0 Å². The molecule has 18 heavy (non-hydrogen) atoms. The highest BCUT2D eigenvalue weighted by atomic mass is 16.5. The summed E-state index contributed by atoms with van der Waals surface area (Å²) in [5, 5.41) is 3.01. The van der Waals surface area contributed by atoms with Crippen molar-refractivity contribution in [2.24, 2.45) is 0 Å². The van der Waals surface area contributed by atoms with Gasteiger partial charge in [0.2, 0.25) is 0 Å². The van der Waals surface area contributed by atoms with Crippen LogP contribution in [-0.2, 0) is 19.0 Å². The summed E-state index contributed by atoms with van der Waals surface area (Å²) in [4.78, 5) is 10.1. The van der Waals surface area contributed by atoms with E-state index in [4.69, 9.17) is 14.2 Å². The number of aldehydes is 1. The SMILES string of the molecule is CNCCOCCOCCOCCCCCC=O. The predicted molar refractivity (Wildman–Crippen MR) is 70.9 cm³/mol. The number of hydrogen-bond donors (Lipinski definition) is 1. The Balaban J connectivity index is 2.88. The summed E-state index contributed by atoms with van der Waals surface area (Å²) < 4.78 is 16.0. The average Bonchev–Trinajstić information content (AvgIpc) is 2.39. The maximum absolute atomic E-state index is 10.1. The van der Waals surface area contributed by atoms with Crippen LogP contribution >= 0.6 is 0 Å². The van der Waals surface area contributed by atoms with E-state index in [1.807, 2.05) is 7.05 Å². The van der Waals surface area contributed by atoms with Gasteiger partial charge in [-0.2, -0.15) is 0 Å². The molecule has 0 aliphatic carbocycles. The number of nitrogens with one attached hydrogen (secondary N) is 1. The van der Waals surface area contributed by atoms with Gasteiger partial charge in [0.05, 0.1) is 33.0 Å². The molecule has 108 valence electrons. The van der Waals surface area contributed by atoms with Gasteiger partial charge in [0, 0.05) is 19.6 Å². The molecule has 0 aliphatic heterocycles. The number of unbranched alkanes of at least 4 members (excludes halogenated alkanes) is 3. The van der Waals surface area contributed by atoms with E-state index in [1.165, 1.54) is 0 Å². The van der Waals surface area contributed by atoms with Gasteiger partial charge >= 0.3 is 0 Å². The van der Waals surface area contributed by atoms with E-state index in [2.05, 4.69) is 5.32 Å². The van der Waals surface area contributed by atoms with Crippen molar-refractivity contribution in [3.8, 4) is 0 Å². The van der Waals surface area contributed by atoms with E-state index in [-0.39, 0.29) is 0 Å². The molecule has 0 atom stereocenters. The Hall–Kier alpha value is -0.490. The van der Waals surface area contributed by atoms with Crippen molar-refractivity contribution in [3.63, 3.8) is 0 Å². The molecule has 0 saturated carbocycles. The molecule has 0 aliphatic rings. The molecule has 0 amide bonds. The van der Waals surface area contributed by atoms with E-state index in [0.717, 1.165) is 45.3 Å². The van der Waals surface area contributed by atoms with Crippen LogP contribution in [0.1, 0.15) is 25.7 Å². The molecule has 0 saturated heterocycles. The van der Waals surface area contributed by atoms with Crippen LogP contribution < -0.4 is 5.32 Å². The zero-order valence-electron chi connectivity index (χ0n) is 11.5. The largest absolute Gasteiger partial charge is 0.379 e. The number of ether oxygens (including phenoxy) is 3. The highest BCUT2D eigenvalue weighted by Gasteiger charge is 1.92. The topological polar surface area (TPSA) is 56.8 Å². The highest BCUT2D eigenvalue weighted by Crippen LogP contribution is 1.97. The Morgan fingerprint density at radius 3 is 2.06 bits per heavy atom. The Morgan fingerprint density at radius 2 is 1.44 bits per heavy atom. The third-order valence-corrected chi connectivity index (χ3v) is 2.35. The molecule has 5 heteroatoms. The summed E-state index contributed by atoms with van der Waals surface area (Å²) in [6, 6.07) is 0. The second-order valence-corrected chi connectivity index (χ2v) is 3.96. The van der Waals surface area contributed by atoms with Crippen LogP contribution in [-0.4, -0.2) is 59.5 Å². The quantitative estimate of drug-likeness (QED) is 0.352. The van der Waals surface area contributed by atoms with E-state index in [9.17, 15) is 4.79 Å². The van der Waals surface area contributed by atoms with Crippen LogP contribution in [0.2, 0.25) is 0 Å². The van der Waals surface area contributed by atoms with Gasteiger partial charge in [-0.25, -0.2) is 0 Å². The van der Waals surface area contributed by atoms with Crippen LogP contribution in [0, 0.1) is 0 Å².